The van der Waals surface area contributed by atoms with Gasteiger partial charge in [-0.15, -0.1) is 0 Å². The third-order valence-electron chi connectivity index (χ3n) is 8.24. The van der Waals surface area contributed by atoms with E-state index in [1.807, 2.05) is 24.3 Å². The summed E-state index contributed by atoms with van der Waals surface area (Å²) in [6.45, 7) is 2.27. The van der Waals surface area contributed by atoms with Crippen molar-refractivity contribution in [1.82, 2.24) is 20.7 Å². The fourth-order valence-electron chi connectivity index (χ4n) is 5.69. The maximum atomic E-state index is 14.2. The van der Waals surface area contributed by atoms with Crippen LogP contribution in [0.5, 0.6) is 5.75 Å². The highest BCUT2D eigenvalue weighted by Crippen LogP contribution is 2.49. The van der Waals surface area contributed by atoms with Crippen molar-refractivity contribution >= 4 is 11.8 Å². The number of rotatable bonds is 9. The Morgan fingerprint density at radius 3 is 2.65 bits per heavy atom. The van der Waals surface area contributed by atoms with Crippen molar-refractivity contribution in [2.45, 2.75) is 43.7 Å². The molecule has 1 saturated heterocycles. The van der Waals surface area contributed by atoms with E-state index in [0.717, 1.165) is 49.4 Å². The average molecular weight is 551 g/mol. The number of para-hydroxylation sites is 1. The molecule has 2 atom stereocenters. The Morgan fingerprint density at radius 1 is 1.12 bits per heavy atom. The highest BCUT2D eigenvalue weighted by molar-refractivity contribution is 5.94. The van der Waals surface area contributed by atoms with Gasteiger partial charge in [0.15, 0.2) is 11.5 Å². The molecule has 3 fully saturated rings. The maximum absolute atomic E-state index is 14.2. The smallest absolute Gasteiger partial charge is 0.273 e. The van der Waals surface area contributed by atoms with Gasteiger partial charge in [0.2, 0.25) is 5.91 Å². The Morgan fingerprint density at radius 2 is 1.93 bits per heavy atom. The van der Waals surface area contributed by atoms with Gasteiger partial charge in [0, 0.05) is 43.4 Å². The van der Waals surface area contributed by atoms with Gasteiger partial charge in [-0.05, 0) is 56.2 Å². The molecule has 210 valence electrons. The minimum absolute atomic E-state index is 0.00431. The largest absolute Gasteiger partial charge is 0.496 e. The predicted molar refractivity (Wildman–Crippen MR) is 142 cm³/mol. The number of ether oxygens (including phenoxy) is 1. The number of halogens is 2. The zero-order valence-electron chi connectivity index (χ0n) is 22.3. The lowest BCUT2D eigenvalue weighted by atomic mass is 9.89. The number of likely N-dealkylation sites (tertiary alicyclic amines) is 1. The summed E-state index contributed by atoms with van der Waals surface area (Å²) >= 11 is 0. The number of methoxy groups -OCH3 is 1. The molecule has 3 aromatic rings. The molecule has 6 rings (SSSR count). The van der Waals surface area contributed by atoms with Gasteiger partial charge in [-0.25, -0.2) is 8.78 Å². The Kier molecular flexibility index (Phi) is 7.04. The molecule has 0 bridgehead atoms. The number of nitrogens with zero attached hydrogens (tertiary/aromatic N) is 2. The van der Waals surface area contributed by atoms with Crippen LogP contribution in [0.15, 0.2) is 53.1 Å². The first-order chi connectivity index (χ1) is 19.3. The molecule has 40 heavy (non-hydrogen) atoms. The van der Waals surface area contributed by atoms with Crippen molar-refractivity contribution in [1.29, 1.82) is 0 Å². The fourth-order valence-corrected chi connectivity index (χ4v) is 5.69. The Balaban J connectivity index is 1.19. The van der Waals surface area contributed by atoms with E-state index in [9.17, 15) is 18.4 Å². The van der Waals surface area contributed by atoms with Crippen LogP contribution in [0.4, 0.5) is 8.78 Å². The highest BCUT2D eigenvalue weighted by atomic mass is 19.1. The summed E-state index contributed by atoms with van der Waals surface area (Å²) in [5.74, 6) is -1.18. The zero-order valence-corrected chi connectivity index (χ0v) is 22.3. The zero-order chi connectivity index (χ0) is 27.9. The molecule has 0 unspecified atom stereocenters. The van der Waals surface area contributed by atoms with Crippen molar-refractivity contribution < 1.29 is 27.6 Å². The molecule has 8 nitrogen and oxygen atoms in total. The van der Waals surface area contributed by atoms with Gasteiger partial charge in [0.25, 0.3) is 5.91 Å². The predicted octanol–water partition coefficient (Wildman–Crippen LogP) is 4.26. The first-order valence-corrected chi connectivity index (χ1v) is 13.8. The van der Waals surface area contributed by atoms with Gasteiger partial charge in [0.05, 0.1) is 24.1 Å². The number of hydrogen-bond acceptors (Lipinski definition) is 6. The minimum Gasteiger partial charge on any atom is -0.496 e. The molecule has 10 heteroatoms. The second-order valence-corrected chi connectivity index (χ2v) is 11.2. The summed E-state index contributed by atoms with van der Waals surface area (Å²) in [5.41, 5.74) is 0.452. The van der Waals surface area contributed by atoms with E-state index in [1.165, 1.54) is 25.0 Å². The normalized spacial score (nSPS) is 22.0. The first kappa shape index (κ1) is 26.4. The number of aromatic nitrogens is 1. The van der Waals surface area contributed by atoms with Gasteiger partial charge in [-0.3, -0.25) is 9.59 Å². The summed E-state index contributed by atoms with van der Waals surface area (Å²) < 4.78 is 38.3. The van der Waals surface area contributed by atoms with Crippen LogP contribution in [0.25, 0.3) is 11.3 Å². The molecule has 1 aliphatic heterocycles. The molecule has 3 aliphatic rings. The summed E-state index contributed by atoms with van der Waals surface area (Å²) in [6, 6.07) is 11.7. The molecule has 2 amide bonds. The van der Waals surface area contributed by atoms with Gasteiger partial charge < -0.3 is 24.8 Å². The second kappa shape index (κ2) is 10.6. The number of carbonyl (C=O) groups is 2. The van der Waals surface area contributed by atoms with Crippen molar-refractivity contribution in [3.05, 3.63) is 71.4 Å². The van der Waals surface area contributed by atoms with Crippen LogP contribution in [0.3, 0.4) is 0 Å². The lowest BCUT2D eigenvalue weighted by Gasteiger charge is -2.38. The Labute approximate surface area is 231 Å². The summed E-state index contributed by atoms with van der Waals surface area (Å²) in [5, 5.41) is 10.1. The molecule has 0 radical (unpaired) electrons. The van der Waals surface area contributed by atoms with Crippen LogP contribution in [-0.2, 0) is 10.3 Å². The number of piperidine rings is 1. The molecule has 2 aliphatic carbocycles. The maximum Gasteiger partial charge on any atom is 0.273 e. The fraction of sp³-hybridized carbons (Fsp3) is 0.433. The molecule has 2 aromatic carbocycles. The highest BCUT2D eigenvalue weighted by Gasteiger charge is 2.49. The lowest BCUT2D eigenvalue weighted by Crippen LogP contribution is -2.57. The van der Waals surface area contributed by atoms with E-state index in [0.29, 0.717) is 18.9 Å². The van der Waals surface area contributed by atoms with E-state index >= 15 is 0 Å². The standard InChI is InChI=1S/C30H32F2N4O4/c1-39-26-5-3-2-4-22(26)30(11-12-30)34-28(37)21-17-36(16-18-6-7-18)13-10-24(21)33-29(38)25-15-27(40-35-25)20-9-8-19(31)14-23(20)32/h2-5,8-9,14-15,18,21,24H,6-7,10-13,16-17H2,1H3,(H,33,38)(H,34,37)/t21-,24-/m1/s1. The number of hydrogen-bond donors (Lipinski definition) is 2. The molecule has 2 heterocycles. The van der Waals surface area contributed by atoms with Crippen molar-refractivity contribution in [3.8, 4) is 17.1 Å². The van der Waals surface area contributed by atoms with E-state index < -0.39 is 35.0 Å². The van der Waals surface area contributed by atoms with Gasteiger partial charge >= 0.3 is 0 Å². The Hall–Kier alpha value is -3.79. The monoisotopic (exact) mass is 550 g/mol. The third-order valence-corrected chi connectivity index (χ3v) is 8.24. The van der Waals surface area contributed by atoms with Crippen molar-refractivity contribution in [2.24, 2.45) is 11.8 Å². The number of benzene rings is 2. The lowest BCUT2D eigenvalue weighted by molar-refractivity contribution is -0.128. The SMILES string of the molecule is COc1ccccc1C1(NC(=O)[C@@H]2CN(CC3CC3)CC[C@H]2NC(=O)c2cc(-c3ccc(F)cc3F)on2)CC1. The quantitative estimate of drug-likeness (QED) is 0.413. The summed E-state index contributed by atoms with van der Waals surface area (Å²) in [6.07, 6.45) is 4.67. The third kappa shape index (κ3) is 5.45. The molecule has 0 spiro atoms. The van der Waals surface area contributed by atoms with E-state index in [4.69, 9.17) is 9.26 Å². The van der Waals surface area contributed by atoms with Crippen molar-refractivity contribution in [2.75, 3.05) is 26.7 Å². The average Bonchev–Trinajstić information content (AvgIpc) is 3.87. The van der Waals surface area contributed by atoms with Crippen molar-refractivity contribution in [3.63, 3.8) is 0 Å². The first-order valence-electron chi connectivity index (χ1n) is 13.8. The summed E-state index contributed by atoms with van der Waals surface area (Å²) in [7, 11) is 1.62. The molecular weight excluding hydrogens is 518 g/mol. The molecular formula is C30H32F2N4O4. The van der Waals surface area contributed by atoms with Gasteiger partial charge in [-0.1, -0.05) is 23.4 Å². The minimum atomic E-state index is -0.813. The Bertz CT molecular complexity index is 1420. The van der Waals surface area contributed by atoms with Crippen LogP contribution in [0.1, 0.15) is 48.2 Å². The van der Waals surface area contributed by atoms with Crippen LogP contribution >= 0.6 is 0 Å². The van der Waals surface area contributed by atoms with Crippen LogP contribution in [0, 0.1) is 23.5 Å². The molecule has 2 N–H and O–H groups in total. The van der Waals surface area contributed by atoms with E-state index in [-0.39, 0.29) is 22.9 Å². The molecule has 2 saturated carbocycles. The van der Waals surface area contributed by atoms with Gasteiger partial charge in [0.1, 0.15) is 17.4 Å². The van der Waals surface area contributed by atoms with Gasteiger partial charge in [-0.2, -0.15) is 0 Å². The van der Waals surface area contributed by atoms with E-state index in [1.54, 1.807) is 7.11 Å². The summed E-state index contributed by atoms with van der Waals surface area (Å²) in [4.78, 5) is 29.3. The van der Waals surface area contributed by atoms with Crippen LogP contribution in [0.2, 0.25) is 0 Å². The van der Waals surface area contributed by atoms with Crippen LogP contribution < -0.4 is 15.4 Å². The number of nitrogens with one attached hydrogen (secondary N) is 2. The number of amides is 2. The molecule has 1 aromatic heterocycles. The second-order valence-electron chi connectivity index (χ2n) is 11.2. The van der Waals surface area contributed by atoms with E-state index in [2.05, 4.69) is 20.7 Å². The van der Waals surface area contributed by atoms with Crippen LogP contribution in [-0.4, -0.2) is 54.7 Å². The number of carbonyl (C=O) groups excluding carboxylic acids is 2. The topological polar surface area (TPSA) is 96.7 Å².